The van der Waals surface area contributed by atoms with Gasteiger partial charge in [0.05, 0.1) is 16.0 Å². The lowest BCUT2D eigenvalue weighted by Gasteiger charge is -1.95. The molecule has 4 rings (SSSR count). The summed E-state index contributed by atoms with van der Waals surface area (Å²) in [5.74, 6) is 0.820. The summed E-state index contributed by atoms with van der Waals surface area (Å²) in [6.07, 6.45) is 1.42. The van der Waals surface area contributed by atoms with Gasteiger partial charge in [-0.25, -0.2) is 5.43 Å². The number of furan rings is 1. The maximum absolute atomic E-state index is 12.3. The monoisotopic (exact) mass is 391 g/mol. The maximum atomic E-state index is 12.3. The first-order chi connectivity index (χ1) is 13.6. The third-order valence-corrected chi connectivity index (χ3v) is 5.09. The number of hydrazone groups is 1. The maximum Gasteiger partial charge on any atom is 0.281 e. The van der Waals surface area contributed by atoms with Crippen LogP contribution < -0.4 is 5.43 Å². The van der Waals surface area contributed by atoms with Crippen LogP contribution in [0.3, 0.4) is 0 Å². The number of carbonyl (C=O) groups is 1. The molecule has 0 fully saturated rings. The van der Waals surface area contributed by atoms with Crippen molar-refractivity contribution < 1.29 is 14.1 Å². The Labute approximate surface area is 163 Å². The van der Waals surface area contributed by atoms with E-state index in [-0.39, 0.29) is 5.69 Å². The topological polar surface area (TPSA) is 97.7 Å². The molecule has 0 unspecified atom stereocenters. The van der Waals surface area contributed by atoms with E-state index in [4.69, 9.17) is 4.42 Å². The Kier molecular flexibility index (Phi) is 4.69. The standard InChI is InChI=1S/C20H13N3O4S/c24-20(19-11-14-10-15(23(25)26)6-9-18(14)28-19)22-21-12-16-7-8-17(27-16)13-4-2-1-3-5-13/h1-12H,(H,22,24). The fourth-order valence-corrected chi connectivity index (χ4v) is 3.58. The number of hydrogen-bond acceptors (Lipinski definition) is 6. The van der Waals surface area contributed by atoms with Crippen LogP contribution in [0.4, 0.5) is 5.69 Å². The Hall–Kier alpha value is -3.78. The van der Waals surface area contributed by atoms with Gasteiger partial charge in [0.2, 0.25) is 0 Å². The zero-order valence-electron chi connectivity index (χ0n) is 14.4. The molecule has 4 aromatic rings. The first-order valence-electron chi connectivity index (χ1n) is 8.27. The minimum absolute atomic E-state index is 0.0117. The summed E-state index contributed by atoms with van der Waals surface area (Å²) in [6, 6.07) is 19.3. The molecule has 0 saturated heterocycles. The summed E-state index contributed by atoms with van der Waals surface area (Å²) in [6.45, 7) is 0. The highest BCUT2D eigenvalue weighted by atomic mass is 32.1. The van der Waals surface area contributed by atoms with Crippen molar-refractivity contribution in [2.24, 2.45) is 5.10 Å². The van der Waals surface area contributed by atoms with Crippen LogP contribution in [0.25, 0.3) is 21.4 Å². The smallest absolute Gasteiger partial charge is 0.281 e. The predicted molar refractivity (Wildman–Crippen MR) is 108 cm³/mol. The Morgan fingerprint density at radius 1 is 1.11 bits per heavy atom. The van der Waals surface area contributed by atoms with Gasteiger partial charge >= 0.3 is 0 Å². The second-order valence-corrected chi connectivity index (χ2v) is 6.94. The van der Waals surface area contributed by atoms with E-state index in [0.29, 0.717) is 21.8 Å². The molecule has 8 heteroatoms. The number of hydrogen-bond donors (Lipinski definition) is 1. The lowest BCUT2D eigenvalue weighted by molar-refractivity contribution is -0.384. The molecule has 0 aliphatic carbocycles. The van der Waals surface area contributed by atoms with Gasteiger partial charge in [0.1, 0.15) is 11.5 Å². The molecular weight excluding hydrogens is 378 g/mol. The minimum atomic E-state index is -0.464. The molecule has 138 valence electrons. The van der Waals surface area contributed by atoms with Gasteiger partial charge in [-0.1, -0.05) is 30.3 Å². The Bertz CT molecular complexity index is 1190. The number of nitrogens with zero attached hydrogens (tertiary/aromatic N) is 2. The van der Waals surface area contributed by atoms with Gasteiger partial charge in [-0.2, -0.15) is 5.10 Å². The van der Waals surface area contributed by atoms with Gasteiger partial charge in [-0.15, -0.1) is 11.3 Å². The largest absolute Gasteiger partial charge is 0.455 e. The minimum Gasteiger partial charge on any atom is -0.455 e. The van der Waals surface area contributed by atoms with Crippen molar-refractivity contribution in [1.82, 2.24) is 5.43 Å². The number of nitro benzene ring substituents is 1. The average molecular weight is 391 g/mol. The molecule has 1 amide bonds. The predicted octanol–water partition coefficient (Wildman–Crippen LogP) is 4.83. The third-order valence-electron chi connectivity index (χ3n) is 3.98. The number of fused-ring (bicyclic) bond motifs is 1. The van der Waals surface area contributed by atoms with E-state index < -0.39 is 10.8 Å². The molecule has 0 aliphatic rings. The van der Waals surface area contributed by atoms with Gasteiger partial charge in [0.25, 0.3) is 11.6 Å². The molecule has 0 bridgehead atoms. The Morgan fingerprint density at radius 2 is 1.93 bits per heavy atom. The van der Waals surface area contributed by atoms with Gasteiger partial charge in [-0.3, -0.25) is 14.9 Å². The van der Waals surface area contributed by atoms with Gasteiger partial charge in [0.15, 0.2) is 0 Å². The van der Waals surface area contributed by atoms with Crippen molar-refractivity contribution in [3.63, 3.8) is 0 Å². The number of non-ortho nitro benzene ring substituents is 1. The lowest BCUT2D eigenvalue weighted by Crippen LogP contribution is -2.15. The number of nitrogens with one attached hydrogen (secondary N) is 1. The summed E-state index contributed by atoms with van der Waals surface area (Å²) in [4.78, 5) is 23.1. The van der Waals surface area contributed by atoms with Crippen molar-refractivity contribution in [2.45, 2.75) is 0 Å². The average Bonchev–Trinajstić information content (AvgIpc) is 3.35. The molecule has 0 saturated carbocycles. The van der Waals surface area contributed by atoms with E-state index in [2.05, 4.69) is 10.5 Å². The van der Waals surface area contributed by atoms with Crippen molar-refractivity contribution in [2.75, 3.05) is 0 Å². The molecule has 0 atom stereocenters. The highest BCUT2D eigenvalue weighted by Gasteiger charge is 2.13. The molecule has 0 aliphatic heterocycles. The number of carbonyl (C=O) groups excluding carboxylic acids is 1. The normalized spacial score (nSPS) is 11.1. The van der Waals surface area contributed by atoms with Crippen LogP contribution in [0.15, 0.2) is 76.2 Å². The van der Waals surface area contributed by atoms with E-state index in [9.17, 15) is 14.9 Å². The summed E-state index contributed by atoms with van der Waals surface area (Å²) < 4.78 is 6.47. The van der Waals surface area contributed by atoms with Gasteiger partial charge in [-0.05, 0) is 24.3 Å². The van der Waals surface area contributed by atoms with E-state index in [1.54, 1.807) is 18.2 Å². The molecule has 1 N–H and O–H groups in total. The van der Waals surface area contributed by atoms with Gasteiger partial charge < -0.3 is 4.42 Å². The summed E-state index contributed by atoms with van der Waals surface area (Å²) >= 11 is 1.24. The Morgan fingerprint density at radius 3 is 2.71 bits per heavy atom. The number of thiophene rings is 1. The van der Waals surface area contributed by atoms with Crippen LogP contribution in [0.2, 0.25) is 0 Å². The van der Waals surface area contributed by atoms with Crippen LogP contribution >= 0.6 is 11.3 Å². The molecule has 28 heavy (non-hydrogen) atoms. The van der Waals surface area contributed by atoms with E-state index in [0.717, 1.165) is 10.3 Å². The fourth-order valence-electron chi connectivity index (χ4n) is 2.65. The molecule has 0 radical (unpaired) electrons. The number of nitro groups is 1. The molecule has 7 nitrogen and oxygen atoms in total. The second-order valence-electron chi connectivity index (χ2n) is 5.86. The molecular formula is C20H13N3O4S. The number of amides is 1. The van der Waals surface area contributed by atoms with Crippen LogP contribution in [-0.2, 0) is 0 Å². The van der Waals surface area contributed by atoms with Crippen molar-refractivity contribution in [3.8, 4) is 11.3 Å². The number of rotatable bonds is 5. The molecule has 0 spiro atoms. The molecule has 2 heterocycles. The fraction of sp³-hybridized carbons (Fsp3) is 0. The highest BCUT2D eigenvalue weighted by Crippen LogP contribution is 2.29. The zero-order valence-corrected chi connectivity index (χ0v) is 15.2. The van der Waals surface area contributed by atoms with E-state index in [1.807, 2.05) is 36.4 Å². The van der Waals surface area contributed by atoms with Crippen LogP contribution in [0.5, 0.6) is 0 Å². The van der Waals surface area contributed by atoms with E-state index >= 15 is 0 Å². The summed E-state index contributed by atoms with van der Waals surface area (Å²) in [5, 5.41) is 15.4. The zero-order chi connectivity index (χ0) is 19.5. The summed E-state index contributed by atoms with van der Waals surface area (Å²) in [7, 11) is 0. The molecule has 2 aromatic carbocycles. The van der Waals surface area contributed by atoms with Crippen LogP contribution in [0.1, 0.15) is 15.4 Å². The van der Waals surface area contributed by atoms with E-state index in [1.165, 1.54) is 29.7 Å². The van der Waals surface area contributed by atoms with Crippen molar-refractivity contribution in [1.29, 1.82) is 0 Å². The van der Waals surface area contributed by atoms with Crippen LogP contribution in [0, 0.1) is 10.1 Å². The quantitative estimate of drug-likeness (QED) is 0.299. The summed E-state index contributed by atoms with van der Waals surface area (Å²) in [5.41, 5.74) is 3.38. The number of benzene rings is 2. The van der Waals surface area contributed by atoms with Crippen molar-refractivity contribution in [3.05, 3.63) is 87.5 Å². The van der Waals surface area contributed by atoms with Gasteiger partial charge in [0, 0.05) is 27.8 Å². The lowest BCUT2D eigenvalue weighted by atomic mass is 10.2. The Balaban J connectivity index is 1.45. The second kappa shape index (κ2) is 7.45. The third kappa shape index (κ3) is 3.67. The highest BCUT2D eigenvalue weighted by molar-refractivity contribution is 7.20. The molecule has 2 aromatic heterocycles. The first-order valence-corrected chi connectivity index (χ1v) is 9.08. The first kappa shape index (κ1) is 17.6. The van der Waals surface area contributed by atoms with Crippen molar-refractivity contribution >= 4 is 39.2 Å². The van der Waals surface area contributed by atoms with Crippen LogP contribution in [-0.4, -0.2) is 17.0 Å². The SMILES string of the molecule is O=C(NN=Cc1ccc(-c2ccccc2)o1)c1cc2cc([N+](=O)[O-])ccc2s1.